The maximum absolute atomic E-state index is 3.85. The van der Waals surface area contributed by atoms with Crippen molar-refractivity contribution in [3.63, 3.8) is 0 Å². The Morgan fingerprint density at radius 1 is 1.35 bits per heavy atom. The highest BCUT2D eigenvalue weighted by atomic mass is 32.1. The van der Waals surface area contributed by atoms with E-state index < -0.39 is 0 Å². The van der Waals surface area contributed by atoms with Gasteiger partial charge in [-0.15, -0.1) is 11.3 Å². The normalized spacial score (nSPS) is 35.1. The number of thiophene rings is 1. The molecule has 0 spiro atoms. The van der Waals surface area contributed by atoms with Gasteiger partial charge in [-0.05, 0) is 58.9 Å². The molecule has 4 atom stereocenters. The Kier molecular flexibility index (Phi) is 3.75. The fourth-order valence-electron chi connectivity index (χ4n) is 4.44. The summed E-state index contributed by atoms with van der Waals surface area (Å²) in [6.45, 7) is 13.0. The first-order valence-corrected chi connectivity index (χ1v) is 9.08. The second-order valence-corrected chi connectivity index (χ2v) is 8.94. The molecule has 3 aliphatic carbocycles. The minimum absolute atomic E-state index is 0.603. The van der Waals surface area contributed by atoms with Crippen LogP contribution in [0.1, 0.15) is 63.8 Å². The van der Waals surface area contributed by atoms with Crippen LogP contribution in [0.15, 0.2) is 11.4 Å². The third-order valence-electron chi connectivity index (χ3n) is 6.23. The smallest absolute Gasteiger partial charge is 0.0302 e. The molecule has 1 N–H and O–H groups in total. The van der Waals surface area contributed by atoms with Gasteiger partial charge in [0.1, 0.15) is 0 Å². The van der Waals surface area contributed by atoms with Crippen molar-refractivity contribution in [3.8, 4) is 0 Å². The first kappa shape index (κ1) is 14.6. The van der Waals surface area contributed by atoms with Gasteiger partial charge >= 0.3 is 0 Å². The molecule has 1 aromatic heterocycles. The summed E-state index contributed by atoms with van der Waals surface area (Å²) in [6.07, 6.45) is 2.86. The van der Waals surface area contributed by atoms with Gasteiger partial charge in [-0.1, -0.05) is 34.6 Å². The van der Waals surface area contributed by atoms with Gasteiger partial charge in [0, 0.05) is 17.5 Å². The van der Waals surface area contributed by atoms with Crippen molar-refractivity contribution < 1.29 is 0 Å². The zero-order valence-corrected chi connectivity index (χ0v) is 14.4. The predicted octanol–water partition coefficient (Wildman–Crippen LogP) is 5.03. The average Bonchev–Trinajstić information content (AvgIpc) is 2.85. The summed E-state index contributed by atoms with van der Waals surface area (Å²) in [4.78, 5) is 1.50. The van der Waals surface area contributed by atoms with E-state index in [0.717, 1.165) is 30.3 Å². The van der Waals surface area contributed by atoms with Gasteiger partial charge in [-0.3, -0.25) is 0 Å². The largest absolute Gasteiger partial charge is 0.309 e. The predicted molar refractivity (Wildman–Crippen MR) is 88.2 cm³/mol. The Bertz CT molecular complexity index is 474. The fraction of sp³-hybridized carbons (Fsp3) is 0.778. The third-order valence-corrected chi connectivity index (χ3v) is 7.19. The Morgan fingerprint density at radius 3 is 2.65 bits per heavy atom. The molecule has 0 saturated heterocycles. The van der Waals surface area contributed by atoms with E-state index in [2.05, 4.69) is 51.4 Å². The van der Waals surface area contributed by atoms with Gasteiger partial charge in [0.05, 0.1) is 0 Å². The van der Waals surface area contributed by atoms with Crippen molar-refractivity contribution in [1.82, 2.24) is 5.32 Å². The monoisotopic (exact) mass is 291 g/mol. The second-order valence-electron chi connectivity index (χ2n) is 7.94. The van der Waals surface area contributed by atoms with Gasteiger partial charge in [0.15, 0.2) is 0 Å². The minimum atomic E-state index is 0.603. The van der Waals surface area contributed by atoms with Crippen LogP contribution in [0.25, 0.3) is 0 Å². The summed E-state index contributed by atoms with van der Waals surface area (Å²) in [5.41, 5.74) is 2.10. The van der Waals surface area contributed by atoms with Crippen molar-refractivity contribution >= 4 is 11.3 Å². The van der Waals surface area contributed by atoms with Crippen LogP contribution >= 0.6 is 11.3 Å². The molecule has 4 unspecified atom stereocenters. The standard InChI is InChI=1S/C18H29NS/c1-11(2)13-6-15(20-10-13)9-19-17-8-14-7-16(12(17)3)18(14,4)5/h6,10-12,14,16-17,19H,7-9H2,1-5H3. The number of nitrogens with one attached hydrogen (secondary N) is 1. The Labute approximate surface area is 128 Å². The first-order valence-electron chi connectivity index (χ1n) is 8.20. The van der Waals surface area contributed by atoms with E-state index in [9.17, 15) is 0 Å². The van der Waals surface area contributed by atoms with Crippen molar-refractivity contribution in [2.75, 3.05) is 0 Å². The zero-order chi connectivity index (χ0) is 14.5. The van der Waals surface area contributed by atoms with E-state index in [-0.39, 0.29) is 0 Å². The SMILES string of the molecule is CC(C)c1csc(CNC2CC3CC(C2C)C3(C)C)c1. The van der Waals surface area contributed by atoms with Gasteiger partial charge < -0.3 is 5.32 Å². The van der Waals surface area contributed by atoms with Crippen LogP contribution < -0.4 is 5.32 Å². The van der Waals surface area contributed by atoms with Crippen molar-refractivity contribution in [1.29, 1.82) is 0 Å². The van der Waals surface area contributed by atoms with E-state index in [1.165, 1.54) is 23.3 Å². The Balaban J connectivity index is 1.57. The molecule has 1 heterocycles. The van der Waals surface area contributed by atoms with E-state index >= 15 is 0 Å². The van der Waals surface area contributed by atoms with Crippen molar-refractivity contribution in [2.24, 2.45) is 23.2 Å². The molecule has 2 bridgehead atoms. The molecule has 3 fully saturated rings. The summed E-state index contributed by atoms with van der Waals surface area (Å²) >= 11 is 1.92. The van der Waals surface area contributed by atoms with Crippen LogP contribution in [-0.4, -0.2) is 6.04 Å². The molecule has 3 saturated carbocycles. The molecule has 0 amide bonds. The maximum atomic E-state index is 3.85. The Morgan fingerprint density at radius 2 is 2.10 bits per heavy atom. The molecule has 3 aliphatic rings. The fourth-order valence-corrected chi connectivity index (χ4v) is 5.44. The molecule has 4 rings (SSSR count). The second kappa shape index (κ2) is 5.14. The van der Waals surface area contributed by atoms with Crippen molar-refractivity contribution in [2.45, 2.75) is 66.0 Å². The lowest BCUT2D eigenvalue weighted by atomic mass is 9.45. The molecular weight excluding hydrogens is 262 g/mol. The van der Waals surface area contributed by atoms with Gasteiger partial charge in [0.2, 0.25) is 0 Å². The number of hydrogen-bond donors (Lipinski definition) is 1. The third kappa shape index (κ3) is 2.35. The average molecular weight is 292 g/mol. The lowest BCUT2D eigenvalue weighted by Crippen LogP contribution is -2.59. The van der Waals surface area contributed by atoms with Gasteiger partial charge in [0.25, 0.3) is 0 Å². The van der Waals surface area contributed by atoms with Crippen LogP contribution in [0.3, 0.4) is 0 Å². The molecule has 20 heavy (non-hydrogen) atoms. The molecule has 112 valence electrons. The van der Waals surface area contributed by atoms with Gasteiger partial charge in [-0.25, -0.2) is 0 Å². The lowest BCUT2D eigenvalue weighted by Gasteiger charge is -2.62. The number of rotatable bonds is 4. The first-order chi connectivity index (χ1) is 9.39. The van der Waals surface area contributed by atoms with E-state index in [4.69, 9.17) is 0 Å². The summed E-state index contributed by atoms with van der Waals surface area (Å²) < 4.78 is 0. The molecule has 2 heteroatoms. The van der Waals surface area contributed by atoms with E-state index in [0.29, 0.717) is 11.3 Å². The summed E-state index contributed by atoms with van der Waals surface area (Å²) in [5.74, 6) is 3.38. The maximum Gasteiger partial charge on any atom is 0.0302 e. The summed E-state index contributed by atoms with van der Waals surface area (Å²) in [6, 6.07) is 3.12. The topological polar surface area (TPSA) is 12.0 Å². The summed E-state index contributed by atoms with van der Waals surface area (Å²) in [5, 5.41) is 6.17. The molecule has 0 aromatic carbocycles. The highest BCUT2D eigenvalue weighted by Crippen LogP contribution is 2.61. The minimum Gasteiger partial charge on any atom is -0.309 e. The van der Waals surface area contributed by atoms with E-state index in [1.807, 2.05) is 11.3 Å². The van der Waals surface area contributed by atoms with Crippen LogP contribution in [0.4, 0.5) is 0 Å². The lowest BCUT2D eigenvalue weighted by molar-refractivity contribution is -0.115. The van der Waals surface area contributed by atoms with Crippen LogP contribution in [0.2, 0.25) is 0 Å². The highest BCUT2D eigenvalue weighted by Gasteiger charge is 2.55. The molecule has 1 aromatic rings. The Hall–Kier alpha value is -0.340. The number of hydrogen-bond acceptors (Lipinski definition) is 2. The molecule has 0 radical (unpaired) electrons. The highest BCUT2D eigenvalue weighted by molar-refractivity contribution is 7.10. The molecular formula is C18H29NS. The summed E-state index contributed by atoms with van der Waals surface area (Å²) in [7, 11) is 0. The van der Waals surface area contributed by atoms with E-state index in [1.54, 1.807) is 0 Å². The quantitative estimate of drug-likeness (QED) is 0.820. The van der Waals surface area contributed by atoms with Crippen molar-refractivity contribution in [3.05, 3.63) is 21.9 Å². The number of fused-ring (bicyclic) bond motifs is 2. The van der Waals surface area contributed by atoms with Gasteiger partial charge in [-0.2, -0.15) is 0 Å². The van der Waals surface area contributed by atoms with Crippen LogP contribution in [-0.2, 0) is 6.54 Å². The van der Waals surface area contributed by atoms with Crippen LogP contribution in [0.5, 0.6) is 0 Å². The zero-order valence-electron chi connectivity index (χ0n) is 13.6. The molecule has 0 aliphatic heterocycles. The van der Waals surface area contributed by atoms with Crippen LogP contribution in [0, 0.1) is 23.2 Å². The molecule has 1 nitrogen and oxygen atoms in total.